The lowest BCUT2D eigenvalue weighted by molar-refractivity contribution is -0.134. The Labute approximate surface area is 116 Å². The summed E-state index contributed by atoms with van der Waals surface area (Å²) in [5.41, 5.74) is -0.505. The van der Waals surface area contributed by atoms with Gasteiger partial charge in [0.05, 0.1) is 6.61 Å². The molecule has 0 aliphatic heterocycles. The Kier molecular flexibility index (Phi) is 4.34. The van der Waals surface area contributed by atoms with E-state index in [1.165, 1.54) is 24.3 Å². The molecule has 0 aromatic heterocycles. The van der Waals surface area contributed by atoms with Gasteiger partial charge in [0.2, 0.25) is 11.8 Å². The molecule has 1 aliphatic carbocycles. The summed E-state index contributed by atoms with van der Waals surface area (Å²) >= 11 is 0. The van der Waals surface area contributed by atoms with Gasteiger partial charge < -0.3 is 15.4 Å². The summed E-state index contributed by atoms with van der Waals surface area (Å²) in [5.74, 6) is -1.00. The van der Waals surface area contributed by atoms with Crippen molar-refractivity contribution in [2.24, 2.45) is 5.41 Å². The fraction of sp³-hybridized carbons (Fsp3) is 0.429. The van der Waals surface area contributed by atoms with Gasteiger partial charge in [0, 0.05) is 19.3 Å². The monoisotopic (exact) mass is 280 g/mol. The third-order valence-corrected chi connectivity index (χ3v) is 3.31. The molecule has 1 saturated carbocycles. The molecule has 0 bridgehead atoms. The van der Waals surface area contributed by atoms with Crippen molar-refractivity contribution < 1.29 is 18.7 Å². The van der Waals surface area contributed by atoms with Crippen molar-refractivity contribution in [3.8, 4) is 0 Å². The molecule has 5 nitrogen and oxygen atoms in total. The van der Waals surface area contributed by atoms with Gasteiger partial charge >= 0.3 is 0 Å². The minimum absolute atomic E-state index is 0.283. The highest BCUT2D eigenvalue weighted by Gasteiger charge is 2.56. The van der Waals surface area contributed by atoms with Gasteiger partial charge in [-0.3, -0.25) is 9.59 Å². The molecule has 0 atom stereocenters. The first-order valence-corrected chi connectivity index (χ1v) is 6.43. The first kappa shape index (κ1) is 14.5. The summed E-state index contributed by atoms with van der Waals surface area (Å²) in [6.07, 6.45) is 1.05. The SMILES string of the molecule is COCCNC(=O)C1(C(=O)Nc2ccc(F)cc2)CC1. The summed E-state index contributed by atoms with van der Waals surface area (Å²) in [5, 5.41) is 5.32. The smallest absolute Gasteiger partial charge is 0.240 e. The zero-order valence-corrected chi connectivity index (χ0v) is 11.2. The van der Waals surface area contributed by atoms with Crippen LogP contribution in [0.1, 0.15) is 12.8 Å². The zero-order valence-electron chi connectivity index (χ0n) is 11.2. The van der Waals surface area contributed by atoms with Crippen LogP contribution in [0.5, 0.6) is 0 Å². The molecule has 0 heterocycles. The number of carbonyl (C=O) groups is 2. The highest BCUT2D eigenvalue weighted by Crippen LogP contribution is 2.46. The van der Waals surface area contributed by atoms with Gasteiger partial charge in [-0.2, -0.15) is 0 Å². The molecule has 0 spiro atoms. The van der Waals surface area contributed by atoms with Gasteiger partial charge in [-0.1, -0.05) is 0 Å². The lowest BCUT2D eigenvalue weighted by Gasteiger charge is -2.15. The van der Waals surface area contributed by atoms with Crippen molar-refractivity contribution in [3.63, 3.8) is 0 Å². The minimum Gasteiger partial charge on any atom is -0.383 e. The number of benzene rings is 1. The van der Waals surface area contributed by atoms with Gasteiger partial charge in [0.15, 0.2) is 0 Å². The molecule has 0 radical (unpaired) electrons. The molecule has 1 aromatic rings. The summed E-state index contributed by atoms with van der Waals surface area (Å²) in [4.78, 5) is 24.2. The van der Waals surface area contributed by atoms with Gasteiger partial charge in [0.1, 0.15) is 11.2 Å². The second kappa shape index (κ2) is 6.00. The molecular weight excluding hydrogens is 263 g/mol. The quantitative estimate of drug-likeness (QED) is 0.610. The van der Waals surface area contributed by atoms with Gasteiger partial charge in [-0.25, -0.2) is 4.39 Å². The Hall–Kier alpha value is -1.95. The Balaban J connectivity index is 1.94. The Morgan fingerprint density at radius 3 is 2.45 bits per heavy atom. The summed E-state index contributed by atoms with van der Waals surface area (Å²) in [6.45, 7) is 0.780. The van der Waals surface area contributed by atoms with Crippen molar-refractivity contribution in [1.82, 2.24) is 5.32 Å². The van der Waals surface area contributed by atoms with Gasteiger partial charge in [-0.15, -0.1) is 0 Å². The van der Waals surface area contributed by atoms with Crippen LogP contribution in [0.4, 0.5) is 10.1 Å². The van der Waals surface area contributed by atoms with Crippen LogP contribution in [0.15, 0.2) is 24.3 Å². The topological polar surface area (TPSA) is 67.4 Å². The largest absolute Gasteiger partial charge is 0.383 e. The molecule has 1 aromatic carbocycles. The van der Waals surface area contributed by atoms with Crippen LogP contribution in [0.25, 0.3) is 0 Å². The molecular formula is C14H17FN2O3. The van der Waals surface area contributed by atoms with Gasteiger partial charge in [0.25, 0.3) is 0 Å². The van der Waals surface area contributed by atoms with E-state index in [0.717, 1.165) is 0 Å². The van der Waals surface area contributed by atoms with Crippen LogP contribution in [-0.2, 0) is 14.3 Å². The number of hydrogen-bond acceptors (Lipinski definition) is 3. The fourth-order valence-electron chi connectivity index (χ4n) is 1.90. The van der Waals surface area contributed by atoms with E-state index in [1.54, 1.807) is 7.11 Å². The Morgan fingerprint density at radius 2 is 1.90 bits per heavy atom. The van der Waals surface area contributed by atoms with E-state index in [2.05, 4.69) is 10.6 Å². The lowest BCUT2D eigenvalue weighted by atomic mass is 10.1. The summed E-state index contributed by atoms with van der Waals surface area (Å²) in [7, 11) is 1.54. The molecule has 0 saturated heterocycles. The third kappa shape index (κ3) is 3.14. The van der Waals surface area contributed by atoms with Crippen LogP contribution in [0.2, 0.25) is 0 Å². The number of halogens is 1. The average Bonchev–Trinajstić information content (AvgIpc) is 3.23. The average molecular weight is 280 g/mol. The van der Waals surface area contributed by atoms with Crippen molar-refractivity contribution in [2.75, 3.05) is 25.6 Å². The molecule has 2 rings (SSSR count). The van der Waals surface area contributed by atoms with Crippen LogP contribution in [0.3, 0.4) is 0 Å². The van der Waals surface area contributed by atoms with E-state index in [4.69, 9.17) is 4.74 Å². The van der Waals surface area contributed by atoms with Crippen LogP contribution in [-0.4, -0.2) is 32.1 Å². The van der Waals surface area contributed by atoms with E-state index >= 15 is 0 Å². The highest BCUT2D eigenvalue weighted by atomic mass is 19.1. The van der Waals surface area contributed by atoms with Crippen LogP contribution >= 0.6 is 0 Å². The number of amides is 2. The highest BCUT2D eigenvalue weighted by molar-refractivity contribution is 6.13. The zero-order chi connectivity index (χ0) is 14.6. The van der Waals surface area contributed by atoms with E-state index in [1.807, 2.05) is 0 Å². The first-order valence-electron chi connectivity index (χ1n) is 6.43. The molecule has 2 amide bonds. The van der Waals surface area contributed by atoms with E-state index < -0.39 is 5.41 Å². The van der Waals surface area contributed by atoms with Crippen molar-refractivity contribution >= 4 is 17.5 Å². The van der Waals surface area contributed by atoms with E-state index in [9.17, 15) is 14.0 Å². The van der Waals surface area contributed by atoms with E-state index in [-0.39, 0.29) is 17.6 Å². The number of rotatable bonds is 6. The lowest BCUT2D eigenvalue weighted by Crippen LogP contribution is -2.41. The van der Waals surface area contributed by atoms with Crippen molar-refractivity contribution in [3.05, 3.63) is 30.1 Å². The second-order valence-electron chi connectivity index (χ2n) is 4.79. The maximum atomic E-state index is 12.8. The Morgan fingerprint density at radius 1 is 1.25 bits per heavy atom. The number of methoxy groups -OCH3 is 1. The number of nitrogens with one attached hydrogen (secondary N) is 2. The maximum absolute atomic E-state index is 12.8. The molecule has 1 aliphatic rings. The molecule has 1 fully saturated rings. The first-order chi connectivity index (χ1) is 9.58. The summed E-state index contributed by atoms with van der Waals surface area (Å²) in [6, 6.07) is 5.44. The van der Waals surface area contributed by atoms with E-state index in [0.29, 0.717) is 31.7 Å². The predicted octanol–water partition coefficient (Wildman–Crippen LogP) is 1.31. The number of hydrogen-bond donors (Lipinski definition) is 2. The van der Waals surface area contributed by atoms with Crippen molar-refractivity contribution in [1.29, 1.82) is 0 Å². The molecule has 2 N–H and O–H groups in total. The summed E-state index contributed by atoms with van der Waals surface area (Å²) < 4.78 is 17.6. The molecule has 0 unspecified atom stereocenters. The number of carbonyl (C=O) groups excluding carboxylic acids is 2. The van der Waals surface area contributed by atoms with Gasteiger partial charge in [-0.05, 0) is 37.1 Å². The Bertz CT molecular complexity index is 498. The normalized spacial score (nSPS) is 15.5. The molecule has 108 valence electrons. The molecule has 6 heteroatoms. The molecule has 20 heavy (non-hydrogen) atoms. The fourth-order valence-corrected chi connectivity index (χ4v) is 1.90. The minimum atomic E-state index is -0.984. The standard InChI is InChI=1S/C14H17FN2O3/c1-20-9-8-16-12(18)14(6-7-14)13(19)17-11-4-2-10(15)3-5-11/h2-5H,6-9H2,1H3,(H,16,18)(H,17,19). The predicted molar refractivity (Wildman–Crippen MR) is 71.6 cm³/mol. The maximum Gasteiger partial charge on any atom is 0.240 e. The second-order valence-corrected chi connectivity index (χ2v) is 4.79. The number of ether oxygens (including phenoxy) is 1. The number of anilines is 1. The van der Waals surface area contributed by atoms with Crippen molar-refractivity contribution in [2.45, 2.75) is 12.8 Å². The van der Waals surface area contributed by atoms with Crippen LogP contribution < -0.4 is 10.6 Å². The van der Waals surface area contributed by atoms with Crippen LogP contribution in [0, 0.1) is 11.2 Å². The third-order valence-electron chi connectivity index (χ3n) is 3.31.